The van der Waals surface area contributed by atoms with E-state index in [0.717, 1.165) is 0 Å². The predicted octanol–water partition coefficient (Wildman–Crippen LogP) is 1.73. The van der Waals surface area contributed by atoms with Gasteiger partial charge in [-0.2, -0.15) is 0 Å². The third-order valence-corrected chi connectivity index (χ3v) is 3.48. The minimum absolute atomic E-state index is 0.108. The van der Waals surface area contributed by atoms with Crippen LogP contribution in [0.3, 0.4) is 0 Å². The van der Waals surface area contributed by atoms with Gasteiger partial charge < -0.3 is 9.47 Å². The van der Waals surface area contributed by atoms with Crippen molar-refractivity contribution in [2.75, 3.05) is 13.7 Å². The molecule has 0 heterocycles. The van der Waals surface area contributed by atoms with Gasteiger partial charge in [0.1, 0.15) is 0 Å². The molecule has 1 saturated carbocycles. The van der Waals surface area contributed by atoms with E-state index in [2.05, 4.69) is 4.74 Å². The van der Waals surface area contributed by atoms with Crippen LogP contribution in [0.5, 0.6) is 0 Å². The first-order valence-corrected chi connectivity index (χ1v) is 6.53. The van der Waals surface area contributed by atoms with Crippen LogP contribution in [0, 0.1) is 17.3 Å². The molecule has 0 bridgehead atoms. The van der Waals surface area contributed by atoms with Crippen LogP contribution in [0.1, 0.15) is 40.0 Å². The molecule has 1 rings (SSSR count). The fraction of sp³-hybridized carbons (Fsp3) is 0.786. The van der Waals surface area contributed by atoms with Crippen molar-refractivity contribution in [2.24, 2.45) is 17.3 Å². The van der Waals surface area contributed by atoms with Gasteiger partial charge in [0.25, 0.3) is 0 Å². The van der Waals surface area contributed by atoms with E-state index in [1.165, 1.54) is 7.11 Å². The summed E-state index contributed by atoms with van der Waals surface area (Å²) in [5.74, 6) is -1.29. The molecule has 0 N–H and O–H groups in total. The molecular weight excluding hydrogens is 248 g/mol. The second kappa shape index (κ2) is 6.17. The van der Waals surface area contributed by atoms with E-state index in [1.54, 1.807) is 20.8 Å². The molecule has 0 amide bonds. The molecule has 0 aromatic heterocycles. The lowest BCUT2D eigenvalue weighted by Gasteiger charge is -2.17. The van der Waals surface area contributed by atoms with E-state index in [1.807, 2.05) is 0 Å². The van der Waals surface area contributed by atoms with E-state index >= 15 is 0 Å². The molecule has 0 aromatic rings. The maximum Gasteiger partial charge on any atom is 0.309 e. The van der Waals surface area contributed by atoms with E-state index in [-0.39, 0.29) is 36.2 Å². The number of ether oxygens (including phenoxy) is 2. The van der Waals surface area contributed by atoms with Gasteiger partial charge in [-0.15, -0.1) is 0 Å². The number of esters is 2. The maximum absolute atomic E-state index is 11.8. The average Bonchev–Trinajstić information content (AvgIpc) is 2.82. The molecule has 0 radical (unpaired) electrons. The van der Waals surface area contributed by atoms with E-state index in [9.17, 15) is 14.4 Å². The van der Waals surface area contributed by atoms with Crippen molar-refractivity contribution in [3.05, 3.63) is 0 Å². The number of methoxy groups -OCH3 is 1. The van der Waals surface area contributed by atoms with Crippen molar-refractivity contribution in [2.45, 2.75) is 40.0 Å². The second-order valence-corrected chi connectivity index (χ2v) is 6.01. The van der Waals surface area contributed by atoms with Crippen LogP contribution in [-0.2, 0) is 23.9 Å². The summed E-state index contributed by atoms with van der Waals surface area (Å²) in [6.45, 7) is 5.16. The van der Waals surface area contributed by atoms with Gasteiger partial charge in [-0.05, 0) is 19.3 Å². The van der Waals surface area contributed by atoms with E-state index < -0.39 is 5.41 Å². The zero-order chi connectivity index (χ0) is 14.6. The quantitative estimate of drug-likeness (QED) is 0.728. The summed E-state index contributed by atoms with van der Waals surface area (Å²) >= 11 is 0. The third kappa shape index (κ3) is 4.33. The molecule has 0 saturated heterocycles. The SMILES string of the molecule is COC(=O)C1CCC(C(=O)OCC(=O)C(C)(C)C)C1. The summed E-state index contributed by atoms with van der Waals surface area (Å²) in [7, 11) is 1.34. The van der Waals surface area contributed by atoms with Crippen LogP contribution in [0.4, 0.5) is 0 Å². The second-order valence-electron chi connectivity index (χ2n) is 6.01. The van der Waals surface area contributed by atoms with Crippen LogP contribution in [0.25, 0.3) is 0 Å². The largest absolute Gasteiger partial charge is 0.469 e. The van der Waals surface area contributed by atoms with Gasteiger partial charge >= 0.3 is 11.9 Å². The summed E-state index contributed by atoms with van der Waals surface area (Å²) in [6.07, 6.45) is 1.71. The van der Waals surface area contributed by atoms with Gasteiger partial charge in [0.2, 0.25) is 0 Å². The molecule has 5 heteroatoms. The van der Waals surface area contributed by atoms with Gasteiger partial charge in [0.15, 0.2) is 12.4 Å². The highest BCUT2D eigenvalue weighted by Gasteiger charge is 2.36. The molecule has 0 aliphatic heterocycles. The molecule has 1 fully saturated rings. The number of rotatable bonds is 4. The van der Waals surface area contributed by atoms with Gasteiger partial charge in [-0.25, -0.2) is 0 Å². The summed E-state index contributed by atoms with van der Waals surface area (Å²) < 4.78 is 9.70. The molecule has 5 nitrogen and oxygen atoms in total. The van der Waals surface area contributed by atoms with Crippen LogP contribution >= 0.6 is 0 Å². The Hall–Kier alpha value is -1.39. The number of carbonyl (C=O) groups excluding carboxylic acids is 3. The van der Waals surface area contributed by atoms with Crippen LogP contribution in [0.2, 0.25) is 0 Å². The Morgan fingerprint density at radius 2 is 1.58 bits per heavy atom. The molecule has 2 unspecified atom stereocenters. The molecule has 0 aromatic carbocycles. The zero-order valence-electron chi connectivity index (χ0n) is 12.0. The standard InChI is InChI=1S/C14H22O5/c1-14(2,3)11(15)8-19-13(17)10-6-5-9(7-10)12(16)18-4/h9-10H,5-8H2,1-4H3. The minimum atomic E-state index is -0.509. The Bertz CT molecular complexity index is 367. The lowest BCUT2D eigenvalue weighted by Crippen LogP contribution is -2.28. The highest BCUT2D eigenvalue weighted by atomic mass is 16.5. The molecule has 1 aliphatic rings. The first-order valence-electron chi connectivity index (χ1n) is 6.53. The number of Topliss-reactive ketones (excluding diaryl/α,β-unsaturated/α-hetero) is 1. The number of ketones is 1. The highest BCUT2D eigenvalue weighted by molar-refractivity contribution is 5.87. The maximum atomic E-state index is 11.8. The Balaban J connectivity index is 2.40. The lowest BCUT2D eigenvalue weighted by atomic mass is 9.91. The van der Waals surface area contributed by atoms with Crippen molar-refractivity contribution in [3.63, 3.8) is 0 Å². The molecule has 0 spiro atoms. The fourth-order valence-corrected chi connectivity index (χ4v) is 2.05. The molecule has 1 aliphatic carbocycles. The molecule has 19 heavy (non-hydrogen) atoms. The summed E-state index contributed by atoms with van der Waals surface area (Å²) in [5, 5.41) is 0. The van der Waals surface area contributed by atoms with E-state index in [4.69, 9.17) is 4.74 Å². The number of carbonyl (C=O) groups is 3. The Morgan fingerprint density at radius 3 is 2.05 bits per heavy atom. The van der Waals surface area contributed by atoms with Gasteiger partial charge in [-0.1, -0.05) is 20.8 Å². The first-order chi connectivity index (χ1) is 8.75. The summed E-state index contributed by atoms with van der Waals surface area (Å²) in [5.41, 5.74) is -0.509. The lowest BCUT2D eigenvalue weighted by molar-refractivity contribution is -0.154. The van der Waals surface area contributed by atoms with Gasteiger partial charge in [0, 0.05) is 5.41 Å². The topological polar surface area (TPSA) is 69.7 Å². The average molecular weight is 270 g/mol. The van der Waals surface area contributed by atoms with Crippen molar-refractivity contribution in [3.8, 4) is 0 Å². The Labute approximate surface area is 113 Å². The van der Waals surface area contributed by atoms with Crippen molar-refractivity contribution in [1.82, 2.24) is 0 Å². The van der Waals surface area contributed by atoms with Crippen LogP contribution < -0.4 is 0 Å². The van der Waals surface area contributed by atoms with Gasteiger partial charge in [0.05, 0.1) is 18.9 Å². The fourth-order valence-electron chi connectivity index (χ4n) is 2.05. The molecular formula is C14H22O5. The monoisotopic (exact) mass is 270 g/mol. The number of hydrogen-bond donors (Lipinski definition) is 0. The first kappa shape index (κ1) is 15.7. The van der Waals surface area contributed by atoms with Crippen LogP contribution in [0.15, 0.2) is 0 Å². The van der Waals surface area contributed by atoms with Crippen LogP contribution in [-0.4, -0.2) is 31.4 Å². The van der Waals surface area contributed by atoms with Gasteiger partial charge in [-0.3, -0.25) is 14.4 Å². The zero-order valence-corrected chi connectivity index (χ0v) is 12.0. The Kier molecular flexibility index (Phi) is 5.09. The smallest absolute Gasteiger partial charge is 0.309 e. The highest BCUT2D eigenvalue weighted by Crippen LogP contribution is 2.32. The predicted molar refractivity (Wildman–Crippen MR) is 68.3 cm³/mol. The minimum Gasteiger partial charge on any atom is -0.469 e. The normalized spacial score (nSPS) is 22.9. The van der Waals surface area contributed by atoms with E-state index in [0.29, 0.717) is 19.3 Å². The summed E-state index contributed by atoms with van der Waals surface area (Å²) in [6, 6.07) is 0. The Morgan fingerprint density at radius 1 is 1.05 bits per heavy atom. The third-order valence-electron chi connectivity index (χ3n) is 3.48. The molecule has 2 atom stereocenters. The summed E-state index contributed by atoms with van der Waals surface area (Å²) in [4.78, 5) is 34.8. The van der Waals surface area contributed by atoms with Crippen molar-refractivity contribution >= 4 is 17.7 Å². The van der Waals surface area contributed by atoms with Crippen molar-refractivity contribution in [1.29, 1.82) is 0 Å². The van der Waals surface area contributed by atoms with Crippen molar-refractivity contribution < 1.29 is 23.9 Å². The molecule has 108 valence electrons. The number of hydrogen-bond acceptors (Lipinski definition) is 5.